The molecular formula is C29H48O2. The summed E-state index contributed by atoms with van der Waals surface area (Å²) in [6, 6.07) is 0. The Balaban J connectivity index is 1.37. The molecule has 0 radical (unpaired) electrons. The van der Waals surface area contributed by atoms with Crippen molar-refractivity contribution < 1.29 is 9.53 Å². The van der Waals surface area contributed by atoms with Crippen molar-refractivity contribution in [2.24, 2.45) is 57.7 Å². The van der Waals surface area contributed by atoms with Crippen LogP contribution in [0.15, 0.2) is 0 Å². The van der Waals surface area contributed by atoms with Crippen molar-refractivity contribution in [3.63, 3.8) is 0 Å². The summed E-state index contributed by atoms with van der Waals surface area (Å²) in [4.78, 5) is 12.1. The Bertz CT molecular complexity index is 714. The van der Waals surface area contributed by atoms with Gasteiger partial charge in [0.05, 0.1) is 0 Å². The number of carbonyl (C=O) groups excluding carboxylic acids is 1. The third kappa shape index (κ3) is 3.12. The van der Waals surface area contributed by atoms with Crippen LogP contribution in [-0.4, -0.2) is 12.1 Å². The lowest BCUT2D eigenvalue weighted by Crippen LogP contribution is -2.57. The van der Waals surface area contributed by atoms with E-state index in [9.17, 15) is 4.79 Å². The van der Waals surface area contributed by atoms with Gasteiger partial charge in [0, 0.05) is 12.3 Å². The Labute approximate surface area is 191 Å². The lowest BCUT2D eigenvalue weighted by molar-refractivity contribution is -0.182. The molecule has 0 aromatic carbocycles. The summed E-state index contributed by atoms with van der Waals surface area (Å²) >= 11 is 0. The number of hydrogen-bond donors (Lipinski definition) is 0. The van der Waals surface area contributed by atoms with Crippen LogP contribution in [0.2, 0.25) is 0 Å². The van der Waals surface area contributed by atoms with Gasteiger partial charge in [-0.3, -0.25) is 4.79 Å². The predicted octanol–water partition coefficient (Wildman–Crippen LogP) is 7.65. The highest BCUT2D eigenvalue weighted by atomic mass is 16.5. The second-order valence-electron chi connectivity index (χ2n) is 13.6. The van der Waals surface area contributed by atoms with Crippen LogP contribution in [-0.2, 0) is 9.53 Å². The lowest BCUT2D eigenvalue weighted by atomic mass is 9.45. The fourth-order valence-electron chi connectivity index (χ4n) is 10.7. The van der Waals surface area contributed by atoms with Crippen molar-refractivity contribution >= 4 is 5.97 Å². The van der Waals surface area contributed by atoms with Crippen molar-refractivity contribution in [3.05, 3.63) is 0 Å². The zero-order chi connectivity index (χ0) is 22.2. The summed E-state index contributed by atoms with van der Waals surface area (Å²) in [5.41, 5.74) is 1.28. The number of carbonyl (C=O) groups is 1. The van der Waals surface area contributed by atoms with Gasteiger partial charge >= 0.3 is 5.97 Å². The lowest BCUT2D eigenvalue weighted by Gasteiger charge is -2.60. The Morgan fingerprint density at radius 3 is 2.45 bits per heavy atom. The zero-order valence-electron chi connectivity index (χ0n) is 21.2. The van der Waals surface area contributed by atoms with Gasteiger partial charge in [-0.15, -0.1) is 0 Å². The summed E-state index contributed by atoms with van der Waals surface area (Å²) < 4.78 is 6.16. The van der Waals surface area contributed by atoms with Crippen LogP contribution >= 0.6 is 0 Å². The van der Waals surface area contributed by atoms with Gasteiger partial charge in [0.2, 0.25) is 0 Å². The van der Waals surface area contributed by atoms with Crippen LogP contribution in [0.3, 0.4) is 0 Å². The molecule has 5 rings (SSSR count). The molecule has 0 heterocycles. The van der Waals surface area contributed by atoms with Crippen molar-refractivity contribution in [1.82, 2.24) is 0 Å². The first-order valence-corrected chi connectivity index (χ1v) is 13.8. The standard InChI is InChI=1S/C29H48O2/c1-18(2)8-7-9-19(3)23-10-11-24-22-16-26(31-20(4)30)29-17-21(29)12-15-28(29,6)25(22)13-14-27(23,24)5/h18-19,21-26H,7-17H2,1-6H3/t19-,21+,22-,23+,24-,25-,26+,27+,28+,29-/m0/s1. The highest BCUT2D eigenvalue weighted by Crippen LogP contribution is 2.82. The van der Waals surface area contributed by atoms with Crippen LogP contribution < -0.4 is 0 Å². The molecule has 5 saturated carbocycles. The molecule has 5 aliphatic carbocycles. The Morgan fingerprint density at radius 2 is 1.77 bits per heavy atom. The van der Waals surface area contributed by atoms with E-state index in [1.807, 2.05) is 0 Å². The molecule has 2 heteroatoms. The number of fused-ring (bicyclic) bond motifs is 4. The molecule has 0 aliphatic heterocycles. The van der Waals surface area contributed by atoms with Gasteiger partial charge in [0.25, 0.3) is 0 Å². The largest absolute Gasteiger partial charge is 0.462 e. The quantitative estimate of drug-likeness (QED) is 0.406. The fourth-order valence-corrected chi connectivity index (χ4v) is 10.7. The summed E-state index contributed by atoms with van der Waals surface area (Å²) in [6.45, 7) is 14.2. The van der Waals surface area contributed by atoms with Crippen LogP contribution in [0.4, 0.5) is 0 Å². The third-order valence-corrected chi connectivity index (χ3v) is 12.1. The smallest absolute Gasteiger partial charge is 0.302 e. The molecule has 0 aromatic rings. The van der Waals surface area contributed by atoms with Crippen molar-refractivity contribution in [3.8, 4) is 0 Å². The van der Waals surface area contributed by atoms with Gasteiger partial charge in [-0.25, -0.2) is 0 Å². The van der Waals surface area contributed by atoms with E-state index in [1.165, 1.54) is 70.6 Å². The maximum absolute atomic E-state index is 12.1. The number of rotatable bonds is 6. The molecule has 176 valence electrons. The maximum Gasteiger partial charge on any atom is 0.302 e. The molecule has 2 nitrogen and oxygen atoms in total. The average Bonchev–Trinajstić information content (AvgIpc) is 3.20. The molecule has 5 fully saturated rings. The molecule has 5 aliphatic rings. The highest BCUT2D eigenvalue weighted by molar-refractivity contribution is 5.66. The highest BCUT2D eigenvalue weighted by Gasteiger charge is 2.78. The molecule has 31 heavy (non-hydrogen) atoms. The van der Waals surface area contributed by atoms with Gasteiger partial charge in [-0.2, -0.15) is 0 Å². The topological polar surface area (TPSA) is 26.3 Å². The van der Waals surface area contributed by atoms with Crippen LogP contribution in [0.5, 0.6) is 0 Å². The van der Waals surface area contributed by atoms with Gasteiger partial charge in [0.15, 0.2) is 0 Å². The minimum absolute atomic E-state index is 0.0423. The Morgan fingerprint density at radius 1 is 1.00 bits per heavy atom. The summed E-state index contributed by atoms with van der Waals surface area (Å²) in [5.74, 6) is 5.91. The molecule has 10 atom stereocenters. The summed E-state index contributed by atoms with van der Waals surface area (Å²) in [7, 11) is 0. The number of ether oxygens (including phenoxy) is 1. The van der Waals surface area contributed by atoms with E-state index >= 15 is 0 Å². The molecular weight excluding hydrogens is 380 g/mol. The maximum atomic E-state index is 12.1. The SMILES string of the molecule is CC(=O)O[C@@H]1C[C@H]2[C@@H]3CC[C@H]([C@@H](C)CCCC(C)C)[C@@]3(C)CC[C@@H]2[C@@]2(C)CC[C@@H]3C[C@]312. The van der Waals surface area contributed by atoms with E-state index in [4.69, 9.17) is 4.74 Å². The zero-order valence-corrected chi connectivity index (χ0v) is 21.2. The van der Waals surface area contributed by atoms with Crippen molar-refractivity contribution in [2.75, 3.05) is 0 Å². The number of esters is 1. The summed E-state index contributed by atoms with van der Waals surface area (Å²) in [5, 5.41) is 0. The van der Waals surface area contributed by atoms with Crippen LogP contribution in [0, 0.1) is 57.7 Å². The number of hydrogen-bond acceptors (Lipinski definition) is 2. The molecule has 0 aromatic heterocycles. The van der Waals surface area contributed by atoms with Gasteiger partial charge < -0.3 is 4.74 Å². The minimum Gasteiger partial charge on any atom is -0.462 e. The normalized spacial score (nSPS) is 50.9. The second-order valence-corrected chi connectivity index (χ2v) is 13.6. The molecule has 0 unspecified atom stereocenters. The van der Waals surface area contributed by atoms with Gasteiger partial charge in [-0.1, -0.05) is 53.9 Å². The van der Waals surface area contributed by atoms with E-state index < -0.39 is 0 Å². The second kappa shape index (κ2) is 7.49. The fraction of sp³-hybridized carbons (Fsp3) is 0.966. The molecule has 0 N–H and O–H groups in total. The van der Waals surface area contributed by atoms with Crippen molar-refractivity contribution in [1.29, 1.82) is 0 Å². The molecule has 0 bridgehead atoms. The van der Waals surface area contributed by atoms with Gasteiger partial charge in [-0.05, 0) is 104 Å². The van der Waals surface area contributed by atoms with E-state index in [1.54, 1.807) is 6.92 Å². The average molecular weight is 429 g/mol. The summed E-state index contributed by atoms with van der Waals surface area (Å²) in [6.07, 6.45) is 15.4. The van der Waals surface area contributed by atoms with E-state index in [2.05, 4.69) is 34.6 Å². The predicted molar refractivity (Wildman–Crippen MR) is 126 cm³/mol. The Hall–Kier alpha value is -0.530. The molecule has 1 spiro atoms. The third-order valence-electron chi connectivity index (χ3n) is 12.1. The van der Waals surface area contributed by atoms with E-state index in [-0.39, 0.29) is 12.1 Å². The molecule has 0 amide bonds. The molecule has 0 saturated heterocycles. The first kappa shape index (κ1) is 22.3. The monoisotopic (exact) mass is 428 g/mol. The van der Waals surface area contributed by atoms with Gasteiger partial charge in [0.1, 0.15) is 6.10 Å². The first-order valence-electron chi connectivity index (χ1n) is 13.8. The van der Waals surface area contributed by atoms with Crippen LogP contribution in [0.25, 0.3) is 0 Å². The first-order chi connectivity index (χ1) is 14.6. The van der Waals surface area contributed by atoms with E-state index in [0.717, 1.165) is 41.4 Å². The minimum atomic E-state index is -0.0423. The Kier molecular flexibility index (Phi) is 5.38. The van der Waals surface area contributed by atoms with E-state index in [0.29, 0.717) is 16.2 Å². The van der Waals surface area contributed by atoms with Crippen molar-refractivity contribution in [2.45, 2.75) is 118 Å². The van der Waals surface area contributed by atoms with Crippen LogP contribution in [0.1, 0.15) is 112 Å².